The summed E-state index contributed by atoms with van der Waals surface area (Å²) in [5.41, 5.74) is -0.760. The number of amides is 2. The van der Waals surface area contributed by atoms with E-state index in [9.17, 15) is 9.59 Å². The Hall–Kier alpha value is -1.14. The van der Waals surface area contributed by atoms with E-state index < -0.39 is 5.60 Å². The third-order valence-corrected chi connectivity index (χ3v) is 4.00. The average Bonchev–Trinajstić information content (AvgIpc) is 2.96. The van der Waals surface area contributed by atoms with Gasteiger partial charge in [-0.05, 0) is 0 Å². The largest absolute Gasteiger partial charge is 0.381 e. The Morgan fingerprint density at radius 3 is 2.42 bits per heavy atom. The summed E-state index contributed by atoms with van der Waals surface area (Å²) in [4.78, 5) is 27.7. The maximum absolute atomic E-state index is 12.6. The van der Waals surface area contributed by atoms with Crippen LogP contribution in [0.2, 0.25) is 0 Å². The molecular weight excluding hydrogens is 248 g/mol. The second-order valence-corrected chi connectivity index (χ2v) is 5.03. The van der Waals surface area contributed by atoms with E-state index in [0.29, 0.717) is 52.2 Å². The Bertz CT molecular complexity index is 353. The van der Waals surface area contributed by atoms with Crippen molar-refractivity contribution < 1.29 is 19.1 Å². The van der Waals surface area contributed by atoms with E-state index in [1.165, 1.54) is 0 Å². The Kier molecular flexibility index (Phi) is 4.42. The maximum atomic E-state index is 12.6. The summed E-state index contributed by atoms with van der Waals surface area (Å²) in [5.74, 6) is 0.0819. The second-order valence-electron chi connectivity index (χ2n) is 5.03. The van der Waals surface area contributed by atoms with Gasteiger partial charge in [0.2, 0.25) is 5.91 Å². The SMILES string of the molecule is CCC(=O)N1CCN(C(=O)C2(OC)CCOCC2)C1. The van der Waals surface area contributed by atoms with Gasteiger partial charge in [-0.3, -0.25) is 9.59 Å². The molecule has 0 aromatic carbocycles. The van der Waals surface area contributed by atoms with Crippen molar-refractivity contribution in [2.45, 2.75) is 31.8 Å². The molecule has 0 spiro atoms. The number of carbonyl (C=O) groups excluding carboxylic acids is 2. The van der Waals surface area contributed by atoms with Crippen LogP contribution in [0.15, 0.2) is 0 Å². The van der Waals surface area contributed by atoms with E-state index in [0.717, 1.165) is 0 Å². The Labute approximate surface area is 113 Å². The van der Waals surface area contributed by atoms with Gasteiger partial charge in [0.05, 0.1) is 6.67 Å². The minimum Gasteiger partial charge on any atom is -0.381 e. The lowest BCUT2D eigenvalue weighted by Gasteiger charge is -2.37. The lowest BCUT2D eigenvalue weighted by Crippen LogP contribution is -2.53. The van der Waals surface area contributed by atoms with Crippen molar-refractivity contribution in [2.75, 3.05) is 40.1 Å². The van der Waals surface area contributed by atoms with Crippen LogP contribution < -0.4 is 0 Å². The molecule has 2 saturated heterocycles. The van der Waals surface area contributed by atoms with Gasteiger partial charge in [-0.1, -0.05) is 6.92 Å². The number of hydrogen-bond acceptors (Lipinski definition) is 4. The molecule has 0 aromatic heterocycles. The second kappa shape index (κ2) is 5.88. The van der Waals surface area contributed by atoms with Crippen molar-refractivity contribution in [3.63, 3.8) is 0 Å². The van der Waals surface area contributed by atoms with Crippen LogP contribution >= 0.6 is 0 Å². The van der Waals surface area contributed by atoms with Crippen LogP contribution in [0.4, 0.5) is 0 Å². The molecule has 2 amide bonds. The topological polar surface area (TPSA) is 59.1 Å². The summed E-state index contributed by atoms with van der Waals surface area (Å²) >= 11 is 0. The first-order valence-corrected chi connectivity index (χ1v) is 6.83. The first kappa shape index (κ1) is 14.3. The van der Waals surface area contributed by atoms with Crippen LogP contribution in [0.1, 0.15) is 26.2 Å². The minimum atomic E-state index is -0.760. The molecule has 2 rings (SSSR count). The number of nitrogens with zero attached hydrogens (tertiary/aromatic N) is 2. The molecule has 108 valence electrons. The summed E-state index contributed by atoms with van der Waals surface area (Å²) in [7, 11) is 1.58. The monoisotopic (exact) mass is 270 g/mol. The van der Waals surface area contributed by atoms with Crippen molar-refractivity contribution in [3.05, 3.63) is 0 Å². The molecule has 0 radical (unpaired) electrons. The smallest absolute Gasteiger partial charge is 0.256 e. The molecule has 0 aliphatic carbocycles. The molecular formula is C13H22N2O4. The van der Waals surface area contributed by atoms with Gasteiger partial charge < -0.3 is 19.3 Å². The zero-order valence-electron chi connectivity index (χ0n) is 11.7. The summed E-state index contributed by atoms with van der Waals surface area (Å²) in [5, 5.41) is 0. The van der Waals surface area contributed by atoms with Gasteiger partial charge in [-0.2, -0.15) is 0 Å². The van der Waals surface area contributed by atoms with Gasteiger partial charge in [0, 0.05) is 52.7 Å². The molecule has 2 aliphatic rings. The molecule has 6 nitrogen and oxygen atoms in total. The molecule has 2 aliphatic heterocycles. The van der Waals surface area contributed by atoms with Crippen LogP contribution in [0.3, 0.4) is 0 Å². The predicted molar refractivity (Wildman–Crippen MR) is 68.4 cm³/mol. The average molecular weight is 270 g/mol. The van der Waals surface area contributed by atoms with E-state index in [2.05, 4.69) is 0 Å². The lowest BCUT2D eigenvalue weighted by molar-refractivity contribution is -0.166. The number of methoxy groups -OCH3 is 1. The normalized spacial score (nSPS) is 22.6. The van der Waals surface area contributed by atoms with E-state index in [4.69, 9.17) is 9.47 Å². The van der Waals surface area contributed by atoms with Crippen LogP contribution in [0.25, 0.3) is 0 Å². The molecule has 2 heterocycles. The molecule has 19 heavy (non-hydrogen) atoms. The van der Waals surface area contributed by atoms with Crippen molar-refractivity contribution in [1.29, 1.82) is 0 Å². The standard InChI is InChI=1S/C13H22N2O4/c1-3-11(16)14-6-7-15(10-14)12(17)13(18-2)4-8-19-9-5-13/h3-10H2,1-2H3. The van der Waals surface area contributed by atoms with Gasteiger partial charge in [0.25, 0.3) is 5.91 Å². The maximum Gasteiger partial charge on any atom is 0.256 e. The molecule has 0 bridgehead atoms. The first-order valence-electron chi connectivity index (χ1n) is 6.83. The number of rotatable bonds is 3. The van der Waals surface area contributed by atoms with Crippen molar-refractivity contribution in [2.24, 2.45) is 0 Å². The molecule has 0 aromatic rings. The van der Waals surface area contributed by atoms with E-state index in [1.54, 1.807) is 16.9 Å². The van der Waals surface area contributed by atoms with Crippen molar-refractivity contribution >= 4 is 11.8 Å². The Morgan fingerprint density at radius 2 is 1.84 bits per heavy atom. The van der Waals surface area contributed by atoms with E-state index in [1.807, 2.05) is 6.92 Å². The Balaban J connectivity index is 2.01. The molecule has 0 N–H and O–H groups in total. The van der Waals surface area contributed by atoms with Crippen molar-refractivity contribution in [3.8, 4) is 0 Å². The third kappa shape index (κ3) is 2.74. The lowest BCUT2D eigenvalue weighted by atomic mass is 9.92. The van der Waals surface area contributed by atoms with Gasteiger partial charge in [-0.15, -0.1) is 0 Å². The van der Waals surface area contributed by atoms with E-state index >= 15 is 0 Å². The quantitative estimate of drug-likeness (QED) is 0.736. The Morgan fingerprint density at radius 1 is 1.21 bits per heavy atom. The highest BCUT2D eigenvalue weighted by Crippen LogP contribution is 2.28. The van der Waals surface area contributed by atoms with Gasteiger partial charge >= 0.3 is 0 Å². The fourth-order valence-corrected chi connectivity index (χ4v) is 2.68. The molecule has 6 heteroatoms. The highest BCUT2D eigenvalue weighted by atomic mass is 16.5. The number of carbonyl (C=O) groups is 2. The number of ether oxygens (including phenoxy) is 2. The number of hydrogen-bond donors (Lipinski definition) is 0. The molecule has 0 atom stereocenters. The van der Waals surface area contributed by atoms with Crippen LogP contribution in [-0.4, -0.2) is 67.3 Å². The van der Waals surface area contributed by atoms with Crippen molar-refractivity contribution in [1.82, 2.24) is 9.80 Å². The summed E-state index contributed by atoms with van der Waals surface area (Å²) in [6.45, 7) is 4.53. The van der Waals surface area contributed by atoms with Gasteiger partial charge in [0.15, 0.2) is 5.60 Å². The molecule has 2 fully saturated rings. The van der Waals surface area contributed by atoms with E-state index in [-0.39, 0.29) is 11.8 Å². The highest BCUT2D eigenvalue weighted by Gasteiger charge is 2.44. The highest BCUT2D eigenvalue weighted by molar-refractivity contribution is 5.86. The third-order valence-electron chi connectivity index (χ3n) is 4.00. The molecule has 0 unspecified atom stereocenters. The summed E-state index contributed by atoms with van der Waals surface area (Å²) in [6.07, 6.45) is 1.65. The minimum absolute atomic E-state index is 0.00953. The fraction of sp³-hybridized carbons (Fsp3) is 0.846. The zero-order valence-corrected chi connectivity index (χ0v) is 11.7. The summed E-state index contributed by atoms with van der Waals surface area (Å²) in [6, 6.07) is 0. The van der Waals surface area contributed by atoms with Crippen LogP contribution in [0.5, 0.6) is 0 Å². The first-order chi connectivity index (χ1) is 9.13. The fourth-order valence-electron chi connectivity index (χ4n) is 2.68. The van der Waals surface area contributed by atoms with Crippen LogP contribution in [0, 0.1) is 0 Å². The van der Waals surface area contributed by atoms with Crippen LogP contribution in [-0.2, 0) is 19.1 Å². The summed E-state index contributed by atoms with van der Waals surface area (Å²) < 4.78 is 10.8. The van der Waals surface area contributed by atoms with Gasteiger partial charge in [-0.25, -0.2) is 0 Å². The predicted octanol–water partition coefficient (Wildman–Crippen LogP) is 0.220. The molecule has 0 saturated carbocycles. The van der Waals surface area contributed by atoms with Gasteiger partial charge in [0.1, 0.15) is 0 Å². The zero-order chi connectivity index (χ0) is 13.9.